The van der Waals surface area contributed by atoms with Crippen LogP contribution in [0, 0.1) is 11.3 Å². The second-order valence-corrected chi connectivity index (χ2v) is 4.31. The predicted octanol–water partition coefficient (Wildman–Crippen LogP) is 2.88. The molecular formula is C15H11NO2. The molecule has 1 unspecified atom stereocenters. The van der Waals surface area contributed by atoms with Gasteiger partial charge in [-0.25, -0.2) is 0 Å². The Morgan fingerprint density at radius 2 is 1.94 bits per heavy atom. The summed E-state index contributed by atoms with van der Waals surface area (Å²) in [7, 11) is 0. The maximum atomic E-state index is 9.43. The van der Waals surface area contributed by atoms with E-state index < -0.39 is 0 Å². The van der Waals surface area contributed by atoms with Gasteiger partial charge in [0.25, 0.3) is 0 Å². The lowest BCUT2D eigenvalue weighted by Crippen LogP contribution is -1.98. The van der Waals surface area contributed by atoms with Crippen LogP contribution in [-0.4, -0.2) is 5.11 Å². The van der Waals surface area contributed by atoms with Crippen molar-refractivity contribution in [3.63, 3.8) is 0 Å². The van der Waals surface area contributed by atoms with Crippen LogP contribution < -0.4 is 0 Å². The summed E-state index contributed by atoms with van der Waals surface area (Å²) in [6.07, 6.45) is -0.103. The highest BCUT2D eigenvalue weighted by Gasteiger charge is 2.24. The van der Waals surface area contributed by atoms with E-state index in [1.807, 2.05) is 18.2 Å². The number of hydrogen-bond donors (Lipinski definition) is 1. The van der Waals surface area contributed by atoms with Crippen LogP contribution >= 0.6 is 0 Å². The van der Waals surface area contributed by atoms with Crippen molar-refractivity contribution in [1.29, 1.82) is 5.26 Å². The van der Waals surface area contributed by atoms with Crippen LogP contribution in [-0.2, 0) is 11.3 Å². The molecule has 1 N–H and O–H groups in total. The summed E-state index contributed by atoms with van der Waals surface area (Å²) in [6, 6.07) is 14.8. The molecule has 3 heteroatoms. The molecule has 2 aromatic rings. The van der Waals surface area contributed by atoms with E-state index in [4.69, 9.17) is 10.00 Å². The third-order valence-electron chi connectivity index (χ3n) is 3.16. The molecule has 3 rings (SSSR count). The Labute approximate surface area is 105 Å². The number of aromatic hydroxyl groups is 1. The van der Waals surface area contributed by atoms with Gasteiger partial charge in [0.1, 0.15) is 11.9 Å². The third kappa shape index (κ3) is 1.73. The average Bonchev–Trinajstić information content (AvgIpc) is 2.81. The smallest absolute Gasteiger partial charge is 0.115 e. The van der Waals surface area contributed by atoms with E-state index in [1.54, 1.807) is 24.3 Å². The van der Waals surface area contributed by atoms with E-state index in [9.17, 15) is 5.11 Å². The molecule has 3 nitrogen and oxygen atoms in total. The highest BCUT2D eigenvalue weighted by atomic mass is 16.5. The molecule has 0 fully saturated rings. The number of ether oxygens (including phenoxy) is 1. The Morgan fingerprint density at radius 3 is 2.67 bits per heavy atom. The molecule has 0 amide bonds. The zero-order valence-electron chi connectivity index (χ0n) is 9.63. The van der Waals surface area contributed by atoms with E-state index in [0.29, 0.717) is 12.2 Å². The number of phenolic OH excluding ortho intramolecular Hbond substituents is 1. The minimum absolute atomic E-state index is 0.103. The highest BCUT2D eigenvalue weighted by Crippen LogP contribution is 2.37. The summed E-state index contributed by atoms with van der Waals surface area (Å²) in [5.74, 6) is 0.262. The first-order valence-electron chi connectivity index (χ1n) is 5.71. The monoisotopic (exact) mass is 237 g/mol. The van der Waals surface area contributed by atoms with Crippen molar-refractivity contribution < 1.29 is 9.84 Å². The maximum Gasteiger partial charge on any atom is 0.115 e. The van der Waals surface area contributed by atoms with Crippen molar-refractivity contribution in [3.8, 4) is 11.8 Å². The zero-order valence-corrected chi connectivity index (χ0v) is 9.63. The van der Waals surface area contributed by atoms with Crippen molar-refractivity contribution in [2.24, 2.45) is 0 Å². The number of rotatable bonds is 1. The molecule has 0 aliphatic carbocycles. The van der Waals surface area contributed by atoms with Gasteiger partial charge in [-0.1, -0.05) is 18.2 Å². The van der Waals surface area contributed by atoms with Gasteiger partial charge < -0.3 is 9.84 Å². The molecule has 0 spiro atoms. The number of benzene rings is 2. The van der Waals surface area contributed by atoms with E-state index in [0.717, 1.165) is 16.7 Å². The normalized spacial score (nSPS) is 17.2. The Morgan fingerprint density at radius 1 is 1.17 bits per heavy atom. The van der Waals surface area contributed by atoms with E-state index in [2.05, 4.69) is 6.07 Å². The van der Waals surface area contributed by atoms with Crippen molar-refractivity contribution in [2.75, 3.05) is 0 Å². The molecule has 1 aliphatic heterocycles. The molecule has 1 atom stereocenters. The molecule has 1 aliphatic rings. The summed E-state index contributed by atoms with van der Waals surface area (Å²) >= 11 is 0. The van der Waals surface area contributed by atoms with E-state index >= 15 is 0 Å². The summed E-state index contributed by atoms with van der Waals surface area (Å²) in [4.78, 5) is 0. The van der Waals surface area contributed by atoms with E-state index in [1.165, 1.54) is 0 Å². The lowest BCUT2D eigenvalue weighted by molar-refractivity contribution is 0.0939. The average molecular weight is 237 g/mol. The van der Waals surface area contributed by atoms with Crippen LogP contribution in [0.2, 0.25) is 0 Å². The summed E-state index contributed by atoms with van der Waals surface area (Å²) in [6.45, 7) is 0.508. The first kappa shape index (κ1) is 10.8. The third-order valence-corrected chi connectivity index (χ3v) is 3.16. The van der Waals surface area contributed by atoms with Gasteiger partial charge in [-0.05, 0) is 41.0 Å². The van der Waals surface area contributed by atoms with Crippen LogP contribution in [0.5, 0.6) is 5.75 Å². The molecule has 18 heavy (non-hydrogen) atoms. The Kier molecular flexibility index (Phi) is 2.51. The first-order chi connectivity index (χ1) is 8.78. The van der Waals surface area contributed by atoms with Gasteiger partial charge in [-0.2, -0.15) is 5.26 Å². The Balaban J connectivity index is 1.98. The standard InChI is InChI=1S/C15H11NO2/c16-8-10-1-3-11(4-2-10)15-14-6-5-13(17)7-12(14)9-18-15/h1-7,15,17H,9H2. The molecule has 0 bridgehead atoms. The van der Waals surface area contributed by atoms with Gasteiger partial charge in [-0.3, -0.25) is 0 Å². The molecule has 2 aromatic carbocycles. The predicted molar refractivity (Wildman–Crippen MR) is 65.9 cm³/mol. The van der Waals surface area contributed by atoms with Crippen molar-refractivity contribution in [2.45, 2.75) is 12.7 Å². The Bertz CT molecular complexity index is 626. The van der Waals surface area contributed by atoms with Gasteiger partial charge in [0.15, 0.2) is 0 Å². The number of nitriles is 1. The van der Waals surface area contributed by atoms with Crippen LogP contribution in [0.15, 0.2) is 42.5 Å². The van der Waals surface area contributed by atoms with Crippen LogP contribution in [0.1, 0.15) is 28.4 Å². The zero-order chi connectivity index (χ0) is 12.5. The summed E-state index contributed by atoms with van der Waals surface area (Å²) < 4.78 is 5.74. The van der Waals surface area contributed by atoms with Crippen molar-refractivity contribution in [1.82, 2.24) is 0 Å². The van der Waals surface area contributed by atoms with Crippen LogP contribution in [0.25, 0.3) is 0 Å². The maximum absolute atomic E-state index is 9.43. The molecule has 0 saturated carbocycles. The molecule has 0 aromatic heterocycles. The van der Waals surface area contributed by atoms with Gasteiger partial charge in [0, 0.05) is 0 Å². The summed E-state index contributed by atoms with van der Waals surface area (Å²) in [5.41, 5.74) is 3.77. The molecule has 88 valence electrons. The van der Waals surface area contributed by atoms with Gasteiger partial charge in [0.2, 0.25) is 0 Å². The second kappa shape index (κ2) is 4.17. The van der Waals surface area contributed by atoms with Crippen LogP contribution in [0.3, 0.4) is 0 Å². The number of phenols is 1. The second-order valence-electron chi connectivity index (χ2n) is 4.31. The fourth-order valence-corrected chi connectivity index (χ4v) is 2.24. The molecule has 0 saturated heterocycles. The lowest BCUT2D eigenvalue weighted by Gasteiger charge is -2.11. The minimum atomic E-state index is -0.103. The molecular weight excluding hydrogens is 226 g/mol. The van der Waals surface area contributed by atoms with Crippen molar-refractivity contribution in [3.05, 3.63) is 64.7 Å². The van der Waals surface area contributed by atoms with Gasteiger partial charge >= 0.3 is 0 Å². The van der Waals surface area contributed by atoms with Gasteiger partial charge in [-0.15, -0.1) is 0 Å². The van der Waals surface area contributed by atoms with Crippen molar-refractivity contribution >= 4 is 0 Å². The minimum Gasteiger partial charge on any atom is -0.508 e. The lowest BCUT2D eigenvalue weighted by atomic mass is 9.98. The highest BCUT2D eigenvalue weighted by molar-refractivity contribution is 5.43. The van der Waals surface area contributed by atoms with Crippen LogP contribution in [0.4, 0.5) is 0 Å². The SMILES string of the molecule is N#Cc1ccc(C2OCc3cc(O)ccc32)cc1. The van der Waals surface area contributed by atoms with E-state index in [-0.39, 0.29) is 11.9 Å². The Hall–Kier alpha value is -2.31. The molecule has 1 heterocycles. The fraction of sp³-hybridized carbons (Fsp3) is 0.133. The quantitative estimate of drug-likeness (QED) is 0.829. The molecule has 0 radical (unpaired) electrons. The fourth-order valence-electron chi connectivity index (χ4n) is 2.24. The number of fused-ring (bicyclic) bond motifs is 1. The summed E-state index contributed by atoms with van der Waals surface area (Å²) in [5, 5.41) is 18.2. The first-order valence-corrected chi connectivity index (χ1v) is 5.71. The topological polar surface area (TPSA) is 53.2 Å². The van der Waals surface area contributed by atoms with Gasteiger partial charge in [0.05, 0.1) is 18.2 Å². The largest absolute Gasteiger partial charge is 0.508 e. The number of nitrogens with zero attached hydrogens (tertiary/aromatic N) is 1. The number of hydrogen-bond acceptors (Lipinski definition) is 3.